The van der Waals surface area contributed by atoms with Crippen LogP contribution in [0.1, 0.15) is 13.3 Å². The summed E-state index contributed by atoms with van der Waals surface area (Å²) in [6.07, 6.45) is 0.847. The van der Waals surface area contributed by atoms with Crippen LogP contribution in [0.25, 0.3) is 0 Å². The number of hydrogen-bond donors (Lipinski definition) is 3. The standard InChI is InChI=1S/C12H23N5O3/c1-3-13-11(14-5-4-8-20-2)15-6-7-17-10(18)9-16-12(17)19/h3-9H2,1-2H3,(H,16,19)(H2,13,14,15). The van der Waals surface area contributed by atoms with Crippen LogP contribution >= 0.6 is 0 Å². The number of imide groups is 1. The third kappa shape index (κ3) is 5.43. The Bertz CT molecular complexity index is 343. The molecule has 1 aliphatic heterocycles. The Balaban J connectivity index is 2.31. The maximum atomic E-state index is 11.4. The molecule has 0 aromatic carbocycles. The Morgan fingerprint density at radius 2 is 2.25 bits per heavy atom. The van der Waals surface area contributed by atoms with Crippen molar-refractivity contribution < 1.29 is 14.3 Å². The molecule has 0 spiro atoms. The summed E-state index contributed by atoms with van der Waals surface area (Å²) in [4.78, 5) is 28.3. The van der Waals surface area contributed by atoms with Crippen LogP contribution in [0, 0.1) is 0 Å². The average molecular weight is 285 g/mol. The van der Waals surface area contributed by atoms with Gasteiger partial charge in [0, 0.05) is 39.9 Å². The Hall–Kier alpha value is -1.83. The number of methoxy groups -OCH3 is 1. The van der Waals surface area contributed by atoms with Crippen LogP contribution in [-0.2, 0) is 9.53 Å². The summed E-state index contributed by atoms with van der Waals surface area (Å²) >= 11 is 0. The minimum absolute atomic E-state index is 0.0873. The van der Waals surface area contributed by atoms with Gasteiger partial charge >= 0.3 is 6.03 Å². The molecule has 3 N–H and O–H groups in total. The lowest BCUT2D eigenvalue weighted by atomic mass is 10.4. The fourth-order valence-corrected chi connectivity index (χ4v) is 1.71. The predicted molar refractivity (Wildman–Crippen MR) is 75.6 cm³/mol. The van der Waals surface area contributed by atoms with Crippen LogP contribution in [0.3, 0.4) is 0 Å². The van der Waals surface area contributed by atoms with Crippen LogP contribution in [0.4, 0.5) is 4.79 Å². The first-order chi connectivity index (χ1) is 9.69. The van der Waals surface area contributed by atoms with Crippen molar-refractivity contribution in [3.8, 4) is 0 Å². The van der Waals surface area contributed by atoms with Crippen LogP contribution in [0.2, 0.25) is 0 Å². The predicted octanol–water partition coefficient (Wildman–Crippen LogP) is -0.870. The molecule has 0 aromatic heterocycles. The SMILES string of the molecule is CCNC(=NCCCOC)NCCN1C(=O)CNC1=O. The zero-order valence-electron chi connectivity index (χ0n) is 12.1. The lowest BCUT2D eigenvalue weighted by Crippen LogP contribution is -2.43. The number of guanidine groups is 1. The summed E-state index contributed by atoms with van der Waals surface area (Å²) < 4.78 is 4.96. The zero-order valence-corrected chi connectivity index (χ0v) is 12.1. The van der Waals surface area contributed by atoms with Crippen molar-refractivity contribution in [2.45, 2.75) is 13.3 Å². The van der Waals surface area contributed by atoms with E-state index in [4.69, 9.17) is 4.74 Å². The summed E-state index contributed by atoms with van der Waals surface area (Å²) in [5.41, 5.74) is 0. The van der Waals surface area contributed by atoms with Crippen molar-refractivity contribution in [3.05, 3.63) is 0 Å². The number of hydrogen-bond acceptors (Lipinski definition) is 4. The van der Waals surface area contributed by atoms with Crippen molar-refractivity contribution in [2.24, 2.45) is 4.99 Å². The van der Waals surface area contributed by atoms with Crippen LogP contribution in [-0.4, -0.2) is 69.2 Å². The van der Waals surface area contributed by atoms with Gasteiger partial charge in [0.2, 0.25) is 5.91 Å². The maximum Gasteiger partial charge on any atom is 0.324 e. The van der Waals surface area contributed by atoms with Gasteiger partial charge in [0.15, 0.2) is 5.96 Å². The van der Waals surface area contributed by atoms with E-state index in [-0.39, 0.29) is 18.5 Å². The molecule has 8 heteroatoms. The third-order valence-corrected chi connectivity index (χ3v) is 2.69. The monoisotopic (exact) mass is 285 g/mol. The molecule has 0 unspecified atom stereocenters. The molecule has 0 bridgehead atoms. The van der Waals surface area contributed by atoms with Crippen molar-refractivity contribution in [1.82, 2.24) is 20.9 Å². The molecule has 8 nitrogen and oxygen atoms in total. The van der Waals surface area contributed by atoms with E-state index in [1.807, 2.05) is 6.92 Å². The van der Waals surface area contributed by atoms with Gasteiger partial charge in [-0.2, -0.15) is 0 Å². The summed E-state index contributed by atoms with van der Waals surface area (Å²) in [7, 11) is 1.66. The fraction of sp³-hybridized carbons (Fsp3) is 0.750. The van der Waals surface area contributed by atoms with Gasteiger partial charge < -0.3 is 20.7 Å². The molecule has 1 heterocycles. The number of rotatable bonds is 8. The van der Waals surface area contributed by atoms with Gasteiger partial charge in [-0.25, -0.2) is 4.79 Å². The highest BCUT2D eigenvalue weighted by atomic mass is 16.5. The number of urea groups is 1. The number of ether oxygens (including phenoxy) is 1. The van der Waals surface area contributed by atoms with Gasteiger partial charge in [-0.3, -0.25) is 14.7 Å². The van der Waals surface area contributed by atoms with Crippen molar-refractivity contribution >= 4 is 17.9 Å². The summed E-state index contributed by atoms with van der Waals surface area (Å²) in [6.45, 7) is 4.94. The van der Waals surface area contributed by atoms with Gasteiger partial charge in [0.25, 0.3) is 0 Å². The molecule has 3 amide bonds. The van der Waals surface area contributed by atoms with Crippen LogP contribution in [0.5, 0.6) is 0 Å². The van der Waals surface area contributed by atoms with Gasteiger partial charge in [-0.1, -0.05) is 0 Å². The Morgan fingerprint density at radius 1 is 1.45 bits per heavy atom. The highest BCUT2D eigenvalue weighted by molar-refractivity contribution is 6.01. The van der Waals surface area contributed by atoms with Gasteiger partial charge in [-0.15, -0.1) is 0 Å². The lowest BCUT2D eigenvalue weighted by molar-refractivity contribution is -0.124. The Kier molecular flexibility index (Phi) is 7.41. The van der Waals surface area contributed by atoms with Crippen LogP contribution in [0.15, 0.2) is 4.99 Å². The molecular weight excluding hydrogens is 262 g/mol. The molecule has 0 atom stereocenters. The minimum atomic E-state index is -0.334. The van der Waals surface area contributed by atoms with E-state index in [0.717, 1.165) is 13.0 Å². The Morgan fingerprint density at radius 3 is 2.85 bits per heavy atom. The zero-order chi connectivity index (χ0) is 14.8. The largest absolute Gasteiger partial charge is 0.385 e. The number of nitrogens with zero attached hydrogens (tertiary/aromatic N) is 2. The number of aliphatic imine (C=N–C) groups is 1. The van der Waals surface area contributed by atoms with Crippen molar-refractivity contribution in [3.63, 3.8) is 0 Å². The molecule has 1 fully saturated rings. The highest BCUT2D eigenvalue weighted by Gasteiger charge is 2.27. The summed E-state index contributed by atoms with van der Waals surface area (Å²) in [5.74, 6) is 0.481. The first kappa shape index (κ1) is 16.2. The van der Waals surface area contributed by atoms with Crippen molar-refractivity contribution in [1.29, 1.82) is 0 Å². The molecule has 1 saturated heterocycles. The van der Waals surface area contributed by atoms with E-state index in [1.165, 1.54) is 4.90 Å². The van der Waals surface area contributed by atoms with Crippen LogP contribution < -0.4 is 16.0 Å². The molecule has 0 radical (unpaired) electrons. The van der Waals surface area contributed by atoms with E-state index in [0.29, 0.717) is 32.2 Å². The van der Waals surface area contributed by atoms with E-state index in [2.05, 4.69) is 20.9 Å². The topological polar surface area (TPSA) is 95.1 Å². The number of carbonyl (C=O) groups is 2. The molecule has 1 rings (SSSR count). The smallest absolute Gasteiger partial charge is 0.324 e. The second-order valence-corrected chi connectivity index (χ2v) is 4.24. The van der Waals surface area contributed by atoms with Gasteiger partial charge in [0.1, 0.15) is 0 Å². The second kappa shape index (κ2) is 9.13. The van der Waals surface area contributed by atoms with E-state index >= 15 is 0 Å². The minimum Gasteiger partial charge on any atom is -0.385 e. The first-order valence-electron chi connectivity index (χ1n) is 6.78. The molecule has 0 aromatic rings. The molecule has 20 heavy (non-hydrogen) atoms. The molecule has 0 saturated carbocycles. The van der Waals surface area contributed by atoms with E-state index < -0.39 is 0 Å². The summed E-state index contributed by atoms with van der Waals surface area (Å²) in [5, 5.41) is 8.67. The van der Waals surface area contributed by atoms with E-state index in [9.17, 15) is 9.59 Å². The lowest BCUT2D eigenvalue weighted by Gasteiger charge is -2.15. The normalized spacial score (nSPS) is 15.5. The van der Waals surface area contributed by atoms with Crippen molar-refractivity contribution in [2.75, 3.05) is 46.4 Å². The van der Waals surface area contributed by atoms with Gasteiger partial charge in [0.05, 0.1) is 6.54 Å². The quantitative estimate of drug-likeness (QED) is 0.233. The summed E-state index contributed by atoms with van der Waals surface area (Å²) in [6, 6.07) is -0.334. The highest BCUT2D eigenvalue weighted by Crippen LogP contribution is 1.96. The first-order valence-corrected chi connectivity index (χ1v) is 6.78. The molecule has 114 valence electrons. The molecule has 1 aliphatic rings. The van der Waals surface area contributed by atoms with Gasteiger partial charge in [-0.05, 0) is 13.3 Å². The third-order valence-electron chi connectivity index (χ3n) is 2.69. The number of nitrogens with one attached hydrogen (secondary N) is 3. The van der Waals surface area contributed by atoms with E-state index in [1.54, 1.807) is 7.11 Å². The Labute approximate surface area is 118 Å². The maximum absolute atomic E-state index is 11.4. The number of carbonyl (C=O) groups excluding carboxylic acids is 2. The fourth-order valence-electron chi connectivity index (χ4n) is 1.71. The molecule has 0 aliphatic carbocycles. The number of amides is 3. The average Bonchev–Trinajstić information content (AvgIpc) is 2.75. The second-order valence-electron chi connectivity index (χ2n) is 4.24. The molecular formula is C12H23N5O3.